The van der Waals surface area contributed by atoms with Crippen molar-refractivity contribution >= 4 is 23.5 Å². The summed E-state index contributed by atoms with van der Waals surface area (Å²) in [6, 6.07) is 3.78. The second-order valence-corrected chi connectivity index (χ2v) is 5.42. The van der Waals surface area contributed by atoms with E-state index in [1.807, 2.05) is 13.8 Å². The van der Waals surface area contributed by atoms with E-state index in [9.17, 15) is 14.4 Å². The maximum absolute atomic E-state index is 12.5. The molecule has 1 aromatic rings. The number of methoxy groups -OCH3 is 1. The molecule has 0 radical (unpaired) electrons. The molecule has 2 rings (SSSR count). The molecule has 1 aromatic carbocycles. The molecule has 2 N–H and O–H groups in total. The first-order valence-corrected chi connectivity index (χ1v) is 6.72. The van der Waals surface area contributed by atoms with Crippen molar-refractivity contribution in [3.8, 4) is 0 Å². The van der Waals surface area contributed by atoms with E-state index in [0.717, 1.165) is 4.90 Å². The van der Waals surface area contributed by atoms with E-state index < -0.39 is 23.8 Å². The third kappa shape index (κ3) is 2.49. The number of fused-ring (bicyclic) bond motifs is 1. The van der Waals surface area contributed by atoms with Crippen LogP contribution in [0, 0.1) is 5.92 Å². The summed E-state index contributed by atoms with van der Waals surface area (Å²) in [6.07, 6.45) is 0.345. The maximum atomic E-state index is 12.5. The van der Waals surface area contributed by atoms with Crippen molar-refractivity contribution in [3.05, 3.63) is 29.3 Å². The lowest BCUT2D eigenvalue weighted by Gasteiger charge is -2.25. The van der Waals surface area contributed by atoms with Gasteiger partial charge in [-0.25, -0.2) is 4.79 Å². The smallest absolute Gasteiger partial charge is 0.329 e. The Morgan fingerprint density at radius 1 is 1.29 bits per heavy atom. The summed E-state index contributed by atoms with van der Waals surface area (Å²) >= 11 is 0. The number of benzene rings is 1. The monoisotopic (exact) mass is 290 g/mol. The summed E-state index contributed by atoms with van der Waals surface area (Å²) in [5.41, 5.74) is 6.42. The van der Waals surface area contributed by atoms with Crippen LogP contribution < -0.4 is 5.73 Å². The van der Waals surface area contributed by atoms with Crippen LogP contribution in [0.25, 0.3) is 0 Å². The summed E-state index contributed by atoms with van der Waals surface area (Å²) in [6.45, 7) is 3.81. The van der Waals surface area contributed by atoms with Crippen molar-refractivity contribution in [1.82, 2.24) is 4.90 Å². The maximum Gasteiger partial charge on any atom is 0.329 e. The zero-order valence-corrected chi connectivity index (χ0v) is 12.3. The number of nitrogens with two attached hydrogens (primary N) is 1. The highest BCUT2D eigenvalue weighted by atomic mass is 16.5. The first-order chi connectivity index (χ1) is 9.88. The lowest BCUT2D eigenvalue weighted by atomic mass is 10.0. The van der Waals surface area contributed by atoms with Gasteiger partial charge in [0.2, 0.25) is 0 Å². The lowest BCUT2D eigenvalue weighted by molar-refractivity contribution is -0.145. The fraction of sp³-hybridized carbons (Fsp3) is 0.400. The molecule has 21 heavy (non-hydrogen) atoms. The molecular formula is C15H18N2O4. The number of ether oxygens (including phenoxy) is 1. The van der Waals surface area contributed by atoms with Crippen molar-refractivity contribution in [1.29, 1.82) is 0 Å². The minimum atomic E-state index is -0.929. The molecule has 1 atom stereocenters. The third-order valence-corrected chi connectivity index (χ3v) is 3.46. The molecule has 1 aliphatic heterocycles. The normalized spacial score (nSPS) is 15.3. The Hall–Kier alpha value is -2.37. The number of nitrogen functional groups attached to an aromatic ring is 1. The number of carbonyl (C=O) groups excluding carboxylic acids is 3. The average Bonchev–Trinajstić information content (AvgIpc) is 2.68. The molecule has 6 nitrogen and oxygen atoms in total. The summed E-state index contributed by atoms with van der Waals surface area (Å²) in [7, 11) is 1.24. The number of rotatable bonds is 4. The van der Waals surface area contributed by atoms with Gasteiger partial charge in [-0.15, -0.1) is 0 Å². The number of amides is 2. The predicted molar refractivity (Wildman–Crippen MR) is 76.6 cm³/mol. The molecule has 0 aliphatic carbocycles. The van der Waals surface area contributed by atoms with Gasteiger partial charge in [-0.05, 0) is 24.5 Å². The minimum Gasteiger partial charge on any atom is -0.467 e. The van der Waals surface area contributed by atoms with Gasteiger partial charge in [0, 0.05) is 5.69 Å². The number of hydrogen-bond donors (Lipinski definition) is 1. The van der Waals surface area contributed by atoms with Gasteiger partial charge in [-0.3, -0.25) is 14.5 Å². The second kappa shape index (κ2) is 5.55. The molecule has 6 heteroatoms. The molecule has 0 fully saturated rings. The van der Waals surface area contributed by atoms with Gasteiger partial charge < -0.3 is 10.5 Å². The lowest BCUT2D eigenvalue weighted by Crippen LogP contribution is -2.46. The molecule has 0 saturated heterocycles. The summed E-state index contributed by atoms with van der Waals surface area (Å²) in [4.78, 5) is 37.9. The van der Waals surface area contributed by atoms with Gasteiger partial charge in [0.1, 0.15) is 6.04 Å². The van der Waals surface area contributed by atoms with Crippen molar-refractivity contribution < 1.29 is 19.1 Å². The molecule has 0 aromatic heterocycles. The van der Waals surface area contributed by atoms with E-state index in [0.29, 0.717) is 6.42 Å². The molecule has 0 spiro atoms. The number of hydrogen-bond acceptors (Lipinski definition) is 5. The Labute approximate surface area is 122 Å². The Morgan fingerprint density at radius 2 is 1.95 bits per heavy atom. The van der Waals surface area contributed by atoms with Gasteiger partial charge in [0.05, 0.1) is 18.2 Å². The number of esters is 1. The molecule has 0 bridgehead atoms. The van der Waals surface area contributed by atoms with Crippen LogP contribution in [0.2, 0.25) is 0 Å². The van der Waals surface area contributed by atoms with E-state index >= 15 is 0 Å². The van der Waals surface area contributed by atoms with Crippen molar-refractivity contribution in [3.63, 3.8) is 0 Å². The zero-order valence-electron chi connectivity index (χ0n) is 12.3. The predicted octanol–water partition coefficient (Wildman–Crippen LogP) is 1.45. The number of anilines is 1. The van der Waals surface area contributed by atoms with Crippen molar-refractivity contribution in [2.45, 2.75) is 26.3 Å². The standard InChI is InChI=1S/C15H18N2O4/c1-8(2)7-11(15(20)21-3)17-13(18)9-5-4-6-10(16)12(9)14(17)19/h4-6,8,11H,7,16H2,1-3H3. The largest absolute Gasteiger partial charge is 0.467 e. The Kier molecular flexibility index (Phi) is 3.97. The SMILES string of the molecule is COC(=O)C(CC(C)C)N1C(=O)c2cccc(N)c2C1=O. The van der Waals surface area contributed by atoms with Crippen LogP contribution in [0.3, 0.4) is 0 Å². The highest BCUT2D eigenvalue weighted by molar-refractivity contribution is 6.24. The zero-order chi connectivity index (χ0) is 15.7. The van der Waals surface area contributed by atoms with Gasteiger partial charge in [0.25, 0.3) is 11.8 Å². The average molecular weight is 290 g/mol. The summed E-state index contributed by atoms with van der Waals surface area (Å²) < 4.78 is 4.74. The Balaban J connectivity index is 2.45. The Morgan fingerprint density at radius 3 is 2.48 bits per heavy atom. The van der Waals surface area contributed by atoms with Crippen molar-refractivity contribution in [2.75, 3.05) is 12.8 Å². The molecule has 1 aliphatic rings. The number of carbonyl (C=O) groups is 3. The molecule has 1 unspecified atom stereocenters. The number of nitrogens with zero attached hydrogens (tertiary/aromatic N) is 1. The minimum absolute atomic E-state index is 0.121. The second-order valence-electron chi connectivity index (χ2n) is 5.42. The van der Waals surface area contributed by atoms with Gasteiger partial charge in [-0.1, -0.05) is 19.9 Å². The van der Waals surface area contributed by atoms with Crippen LogP contribution in [0.15, 0.2) is 18.2 Å². The van der Waals surface area contributed by atoms with Crippen LogP contribution in [-0.4, -0.2) is 35.8 Å². The molecule has 112 valence electrons. The summed E-state index contributed by atoms with van der Waals surface area (Å²) in [5, 5.41) is 0. The fourth-order valence-electron chi connectivity index (χ4n) is 2.50. The highest BCUT2D eigenvalue weighted by Gasteiger charge is 2.44. The molecule has 0 saturated carbocycles. The van der Waals surface area contributed by atoms with Crippen LogP contribution in [0.4, 0.5) is 5.69 Å². The van der Waals surface area contributed by atoms with Crippen LogP contribution in [0.5, 0.6) is 0 Å². The fourth-order valence-corrected chi connectivity index (χ4v) is 2.50. The van der Waals surface area contributed by atoms with Gasteiger partial charge in [0.15, 0.2) is 0 Å². The van der Waals surface area contributed by atoms with E-state index in [1.165, 1.54) is 13.2 Å². The molecular weight excluding hydrogens is 272 g/mol. The van der Waals surface area contributed by atoms with Crippen LogP contribution in [-0.2, 0) is 9.53 Å². The van der Waals surface area contributed by atoms with Gasteiger partial charge >= 0.3 is 5.97 Å². The van der Waals surface area contributed by atoms with E-state index in [4.69, 9.17) is 10.5 Å². The van der Waals surface area contributed by atoms with Crippen molar-refractivity contribution in [2.24, 2.45) is 5.92 Å². The van der Waals surface area contributed by atoms with Crippen LogP contribution in [0.1, 0.15) is 41.0 Å². The quantitative estimate of drug-likeness (QED) is 0.515. The summed E-state index contributed by atoms with van der Waals surface area (Å²) in [5.74, 6) is -1.52. The van der Waals surface area contributed by atoms with E-state index in [-0.39, 0.29) is 22.7 Å². The Bertz CT molecular complexity index is 610. The highest BCUT2D eigenvalue weighted by Crippen LogP contribution is 2.30. The topological polar surface area (TPSA) is 89.7 Å². The van der Waals surface area contributed by atoms with Gasteiger partial charge in [-0.2, -0.15) is 0 Å². The third-order valence-electron chi connectivity index (χ3n) is 3.46. The van der Waals surface area contributed by atoms with E-state index in [1.54, 1.807) is 12.1 Å². The molecule has 2 amide bonds. The number of imide groups is 1. The first-order valence-electron chi connectivity index (χ1n) is 6.72. The van der Waals surface area contributed by atoms with E-state index in [2.05, 4.69) is 0 Å². The first kappa shape index (κ1) is 15.0. The van der Waals surface area contributed by atoms with Crippen LogP contribution >= 0.6 is 0 Å². The molecule has 1 heterocycles.